The summed E-state index contributed by atoms with van der Waals surface area (Å²) in [4.78, 5) is 14.1. The van der Waals surface area contributed by atoms with Crippen molar-refractivity contribution in [1.82, 2.24) is 9.21 Å². The highest BCUT2D eigenvalue weighted by Crippen LogP contribution is 2.20. The van der Waals surface area contributed by atoms with E-state index >= 15 is 0 Å². The van der Waals surface area contributed by atoms with Crippen LogP contribution in [0.25, 0.3) is 0 Å². The van der Waals surface area contributed by atoms with Gasteiger partial charge in [-0.05, 0) is 32.6 Å². The SMILES string of the molecule is CC(N)C1CCCCN1C(=O)CN1CCCS1(=O)=O. The third-order valence-corrected chi connectivity index (χ3v) is 5.89. The summed E-state index contributed by atoms with van der Waals surface area (Å²) in [6.45, 7) is 3.04. The Labute approximate surface area is 115 Å². The molecule has 2 N–H and O–H groups in total. The maximum absolute atomic E-state index is 12.3. The van der Waals surface area contributed by atoms with Gasteiger partial charge in [0.15, 0.2) is 0 Å². The van der Waals surface area contributed by atoms with Crippen molar-refractivity contribution in [3.8, 4) is 0 Å². The second kappa shape index (κ2) is 5.76. The first-order chi connectivity index (χ1) is 8.92. The van der Waals surface area contributed by atoms with E-state index in [2.05, 4.69) is 0 Å². The number of sulfonamides is 1. The maximum Gasteiger partial charge on any atom is 0.238 e. The topological polar surface area (TPSA) is 83.7 Å². The van der Waals surface area contributed by atoms with Gasteiger partial charge in [0, 0.05) is 25.2 Å². The van der Waals surface area contributed by atoms with Crippen LogP contribution in [0.4, 0.5) is 0 Å². The van der Waals surface area contributed by atoms with E-state index in [1.807, 2.05) is 6.92 Å². The largest absolute Gasteiger partial charge is 0.337 e. The highest BCUT2D eigenvalue weighted by atomic mass is 32.2. The molecule has 6 nitrogen and oxygen atoms in total. The molecule has 2 aliphatic rings. The minimum Gasteiger partial charge on any atom is -0.337 e. The van der Waals surface area contributed by atoms with Gasteiger partial charge < -0.3 is 10.6 Å². The summed E-state index contributed by atoms with van der Waals surface area (Å²) >= 11 is 0. The molecule has 2 unspecified atom stereocenters. The summed E-state index contributed by atoms with van der Waals surface area (Å²) in [5, 5.41) is 0. The lowest BCUT2D eigenvalue weighted by molar-refractivity contribution is -0.135. The Bertz CT molecular complexity index is 436. The number of carbonyl (C=O) groups is 1. The summed E-state index contributed by atoms with van der Waals surface area (Å²) in [6, 6.07) is -0.0222. The third kappa shape index (κ3) is 3.27. The zero-order valence-corrected chi connectivity index (χ0v) is 12.2. The van der Waals surface area contributed by atoms with Gasteiger partial charge in [-0.3, -0.25) is 4.79 Å². The van der Waals surface area contributed by atoms with E-state index in [1.54, 1.807) is 4.90 Å². The van der Waals surface area contributed by atoms with Gasteiger partial charge in [-0.2, -0.15) is 4.31 Å². The normalized spacial score (nSPS) is 29.4. The molecule has 0 bridgehead atoms. The van der Waals surface area contributed by atoms with Crippen molar-refractivity contribution < 1.29 is 13.2 Å². The lowest BCUT2D eigenvalue weighted by Gasteiger charge is -2.38. The number of piperidine rings is 1. The van der Waals surface area contributed by atoms with E-state index < -0.39 is 10.0 Å². The van der Waals surface area contributed by atoms with E-state index in [4.69, 9.17) is 5.73 Å². The molecule has 0 saturated carbocycles. The molecule has 0 aromatic heterocycles. The fourth-order valence-corrected chi connectivity index (χ4v) is 4.39. The number of amides is 1. The molecule has 2 saturated heterocycles. The zero-order valence-electron chi connectivity index (χ0n) is 11.4. The van der Waals surface area contributed by atoms with Crippen molar-refractivity contribution in [2.75, 3.05) is 25.4 Å². The minimum atomic E-state index is -3.20. The van der Waals surface area contributed by atoms with Gasteiger partial charge in [-0.1, -0.05) is 0 Å². The fraction of sp³-hybridized carbons (Fsp3) is 0.917. The second-order valence-electron chi connectivity index (χ2n) is 5.51. The summed E-state index contributed by atoms with van der Waals surface area (Å²) in [6.07, 6.45) is 3.59. The molecule has 0 aromatic carbocycles. The standard InChI is InChI=1S/C12H23N3O3S/c1-10(13)11-5-2-3-7-15(11)12(16)9-14-6-4-8-19(14,17)18/h10-11H,2-9,13H2,1H3. The molecule has 2 aliphatic heterocycles. The Morgan fingerprint density at radius 2 is 2.05 bits per heavy atom. The Balaban J connectivity index is 2.02. The smallest absolute Gasteiger partial charge is 0.238 e. The fourth-order valence-electron chi connectivity index (χ4n) is 2.92. The maximum atomic E-state index is 12.3. The quantitative estimate of drug-likeness (QED) is 0.776. The van der Waals surface area contributed by atoms with Crippen LogP contribution < -0.4 is 5.73 Å². The van der Waals surface area contributed by atoms with Crippen molar-refractivity contribution in [1.29, 1.82) is 0 Å². The second-order valence-corrected chi connectivity index (χ2v) is 7.60. The molecule has 2 atom stereocenters. The van der Waals surface area contributed by atoms with Crippen LogP contribution in [0.1, 0.15) is 32.6 Å². The number of nitrogens with zero attached hydrogens (tertiary/aromatic N) is 2. The number of rotatable bonds is 3. The van der Waals surface area contributed by atoms with E-state index in [1.165, 1.54) is 4.31 Å². The molecule has 2 heterocycles. The molecular formula is C12H23N3O3S. The van der Waals surface area contributed by atoms with Gasteiger partial charge in [-0.15, -0.1) is 0 Å². The van der Waals surface area contributed by atoms with Crippen molar-refractivity contribution in [2.45, 2.75) is 44.7 Å². The van der Waals surface area contributed by atoms with Crippen molar-refractivity contribution >= 4 is 15.9 Å². The number of likely N-dealkylation sites (tertiary alicyclic amines) is 1. The van der Waals surface area contributed by atoms with Gasteiger partial charge in [-0.25, -0.2) is 8.42 Å². The molecule has 0 aromatic rings. The highest BCUT2D eigenvalue weighted by molar-refractivity contribution is 7.89. The van der Waals surface area contributed by atoms with E-state index in [0.717, 1.165) is 19.3 Å². The summed E-state index contributed by atoms with van der Waals surface area (Å²) in [5.41, 5.74) is 5.93. The Kier molecular flexibility index (Phi) is 4.47. The van der Waals surface area contributed by atoms with Gasteiger partial charge in [0.1, 0.15) is 0 Å². The number of hydrogen-bond acceptors (Lipinski definition) is 4. The summed E-state index contributed by atoms with van der Waals surface area (Å²) in [5.74, 6) is 0.0595. The van der Waals surface area contributed by atoms with Crippen LogP contribution in [-0.4, -0.2) is 61.0 Å². The molecule has 0 aliphatic carbocycles. The molecule has 110 valence electrons. The monoisotopic (exact) mass is 289 g/mol. The van der Waals surface area contributed by atoms with Crippen molar-refractivity contribution in [3.63, 3.8) is 0 Å². The zero-order chi connectivity index (χ0) is 14.0. The molecule has 19 heavy (non-hydrogen) atoms. The molecule has 0 radical (unpaired) electrons. The number of nitrogens with two attached hydrogens (primary N) is 1. The van der Waals surface area contributed by atoms with Gasteiger partial charge in [0.2, 0.25) is 15.9 Å². The van der Waals surface area contributed by atoms with Crippen LogP contribution >= 0.6 is 0 Å². The van der Waals surface area contributed by atoms with E-state index in [0.29, 0.717) is 19.5 Å². The van der Waals surface area contributed by atoms with Crippen LogP contribution in [0.3, 0.4) is 0 Å². The minimum absolute atomic E-state index is 0.0223. The molecule has 1 amide bonds. The molecule has 7 heteroatoms. The third-order valence-electron chi connectivity index (χ3n) is 3.99. The van der Waals surface area contributed by atoms with Crippen molar-refractivity contribution in [3.05, 3.63) is 0 Å². The lowest BCUT2D eigenvalue weighted by Crippen LogP contribution is -2.54. The van der Waals surface area contributed by atoms with E-state index in [9.17, 15) is 13.2 Å². The number of carbonyl (C=O) groups excluding carboxylic acids is 1. The number of hydrogen-bond donors (Lipinski definition) is 1. The average molecular weight is 289 g/mol. The first kappa shape index (κ1) is 14.7. The summed E-state index contributed by atoms with van der Waals surface area (Å²) in [7, 11) is -3.20. The summed E-state index contributed by atoms with van der Waals surface area (Å²) < 4.78 is 24.8. The van der Waals surface area contributed by atoms with Crippen molar-refractivity contribution in [2.24, 2.45) is 5.73 Å². The lowest BCUT2D eigenvalue weighted by atomic mass is 9.97. The van der Waals surface area contributed by atoms with Crippen LogP contribution in [0, 0.1) is 0 Å². The predicted molar refractivity (Wildman–Crippen MR) is 73.0 cm³/mol. The van der Waals surface area contributed by atoms with E-state index in [-0.39, 0.29) is 30.3 Å². The predicted octanol–water partition coefficient (Wildman–Crippen LogP) is -0.250. The first-order valence-electron chi connectivity index (χ1n) is 6.95. The molecule has 0 spiro atoms. The van der Waals surface area contributed by atoms with Crippen LogP contribution in [0.15, 0.2) is 0 Å². The Morgan fingerprint density at radius 1 is 1.32 bits per heavy atom. The highest BCUT2D eigenvalue weighted by Gasteiger charge is 2.34. The molecular weight excluding hydrogens is 266 g/mol. The molecule has 2 rings (SSSR count). The van der Waals surface area contributed by atoms with Crippen LogP contribution in [-0.2, 0) is 14.8 Å². The average Bonchev–Trinajstić information content (AvgIpc) is 2.68. The van der Waals surface area contributed by atoms with Gasteiger partial charge >= 0.3 is 0 Å². The first-order valence-corrected chi connectivity index (χ1v) is 8.55. The Morgan fingerprint density at radius 3 is 2.63 bits per heavy atom. The Hall–Kier alpha value is -0.660. The van der Waals surface area contributed by atoms with Gasteiger partial charge in [0.05, 0.1) is 12.3 Å². The van der Waals surface area contributed by atoms with Crippen LogP contribution in [0.2, 0.25) is 0 Å². The van der Waals surface area contributed by atoms with Gasteiger partial charge in [0.25, 0.3) is 0 Å². The van der Waals surface area contributed by atoms with Crippen LogP contribution in [0.5, 0.6) is 0 Å². The molecule has 2 fully saturated rings.